The summed E-state index contributed by atoms with van der Waals surface area (Å²) in [4.78, 5) is 7.42. The quantitative estimate of drug-likeness (QED) is 0.437. The molecule has 0 unspecified atom stereocenters. The molecule has 0 amide bonds. The van der Waals surface area contributed by atoms with Crippen LogP contribution in [0.5, 0.6) is 0 Å². The lowest BCUT2D eigenvalue weighted by Gasteiger charge is -2.41. The summed E-state index contributed by atoms with van der Waals surface area (Å²) in [5.74, 6) is 0.776. The molecule has 0 saturated carbocycles. The summed E-state index contributed by atoms with van der Waals surface area (Å²) >= 11 is 12.2. The van der Waals surface area contributed by atoms with E-state index in [-0.39, 0.29) is 0 Å². The summed E-state index contributed by atoms with van der Waals surface area (Å²) < 4.78 is 31.6. The minimum absolute atomic E-state index is 0.353. The Hall–Kier alpha value is -0.900. The van der Waals surface area contributed by atoms with E-state index in [4.69, 9.17) is 45.6 Å². The molecule has 2 aliphatic rings. The number of nitrogens with zero attached hydrogens (tertiary/aromatic N) is 2. The van der Waals surface area contributed by atoms with Crippen LogP contribution in [-0.4, -0.2) is 54.9 Å². The molecule has 2 bridgehead atoms. The summed E-state index contributed by atoms with van der Waals surface area (Å²) in [6, 6.07) is 7.18. The van der Waals surface area contributed by atoms with Crippen molar-refractivity contribution in [1.29, 1.82) is 0 Å². The van der Waals surface area contributed by atoms with E-state index in [1.54, 1.807) is 7.11 Å². The van der Waals surface area contributed by atoms with Gasteiger partial charge in [-0.05, 0) is 49.9 Å². The van der Waals surface area contributed by atoms with Gasteiger partial charge in [0.25, 0.3) is 0 Å². The molecular formula is C16H22Cl2N2O5S. The second-order valence-electron chi connectivity index (χ2n) is 6.44. The van der Waals surface area contributed by atoms with Gasteiger partial charge in [0.2, 0.25) is 0 Å². The molecule has 2 saturated heterocycles. The predicted molar refractivity (Wildman–Crippen MR) is 102 cm³/mol. The molecule has 0 aliphatic carbocycles. The second-order valence-corrected chi connectivity index (χ2v) is 8.15. The topological polar surface area (TPSA) is 99.4 Å². The van der Waals surface area contributed by atoms with E-state index in [0.717, 1.165) is 6.42 Å². The van der Waals surface area contributed by atoms with Crippen LogP contribution >= 0.6 is 23.2 Å². The van der Waals surface area contributed by atoms with Crippen molar-refractivity contribution in [3.8, 4) is 0 Å². The Kier molecular flexibility index (Phi) is 7.29. The first-order valence-corrected chi connectivity index (χ1v) is 10.2. The molecule has 3 rings (SSSR count). The third-order valence-electron chi connectivity index (χ3n) is 5.04. The van der Waals surface area contributed by atoms with Crippen LogP contribution < -0.4 is 0 Å². The van der Waals surface area contributed by atoms with Gasteiger partial charge in [-0.15, -0.1) is 0 Å². The molecule has 1 aromatic rings. The average Bonchev–Trinajstić information content (AvgIpc) is 2.78. The van der Waals surface area contributed by atoms with Crippen molar-refractivity contribution in [3.63, 3.8) is 0 Å². The van der Waals surface area contributed by atoms with Crippen LogP contribution in [0.15, 0.2) is 23.4 Å². The van der Waals surface area contributed by atoms with E-state index in [1.165, 1.54) is 18.4 Å². The summed E-state index contributed by atoms with van der Waals surface area (Å²) in [5, 5.41) is 5.29. The highest BCUT2D eigenvalue weighted by Crippen LogP contribution is 2.46. The minimum Gasteiger partial charge on any atom is -0.399 e. The predicted octanol–water partition coefficient (Wildman–Crippen LogP) is 3.54. The van der Waals surface area contributed by atoms with Gasteiger partial charge in [-0.2, -0.15) is 8.42 Å². The van der Waals surface area contributed by atoms with Crippen LogP contribution in [0.1, 0.15) is 30.7 Å². The molecule has 2 aliphatic heterocycles. The molecular weight excluding hydrogens is 403 g/mol. The maximum Gasteiger partial charge on any atom is 0.394 e. The van der Waals surface area contributed by atoms with Gasteiger partial charge in [-0.1, -0.05) is 34.4 Å². The van der Waals surface area contributed by atoms with Crippen molar-refractivity contribution in [3.05, 3.63) is 33.8 Å². The number of benzene rings is 1. The Balaban J connectivity index is 0.000000431. The maximum absolute atomic E-state index is 8.74. The highest BCUT2D eigenvalue weighted by atomic mass is 35.5. The van der Waals surface area contributed by atoms with Gasteiger partial charge in [-0.25, -0.2) is 0 Å². The first-order valence-electron chi connectivity index (χ1n) is 8.05. The van der Waals surface area contributed by atoms with Gasteiger partial charge in [0.15, 0.2) is 0 Å². The average molecular weight is 425 g/mol. The second kappa shape index (κ2) is 8.86. The molecule has 2 fully saturated rings. The van der Waals surface area contributed by atoms with Crippen LogP contribution in [0.4, 0.5) is 0 Å². The van der Waals surface area contributed by atoms with Crippen molar-refractivity contribution in [2.45, 2.75) is 37.3 Å². The van der Waals surface area contributed by atoms with Crippen LogP contribution in [0.25, 0.3) is 0 Å². The van der Waals surface area contributed by atoms with Gasteiger partial charge >= 0.3 is 10.4 Å². The van der Waals surface area contributed by atoms with Gasteiger partial charge in [0.05, 0.1) is 10.0 Å². The van der Waals surface area contributed by atoms with Gasteiger partial charge in [-0.3, -0.25) is 14.0 Å². The Labute approximate surface area is 163 Å². The third-order valence-corrected chi connectivity index (χ3v) is 5.78. The molecule has 10 heteroatoms. The molecule has 2 N–H and O–H groups in total. The molecule has 4 atom stereocenters. The van der Waals surface area contributed by atoms with Crippen molar-refractivity contribution >= 4 is 39.8 Å². The SMILES string of the molecule is CO/N=C/[C@@H]1[C@@H](c2ccc(Cl)c(Cl)c2)C[C@H]2CC[C@H]1N2C.O=S(=O)(O)O. The van der Waals surface area contributed by atoms with E-state index in [1.807, 2.05) is 18.3 Å². The third kappa shape index (κ3) is 5.55. The minimum atomic E-state index is -4.67. The molecule has 0 aromatic heterocycles. The normalized spacial score (nSPS) is 28.7. The molecule has 0 spiro atoms. The number of hydrogen-bond acceptors (Lipinski definition) is 5. The Morgan fingerprint density at radius 2 is 1.92 bits per heavy atom. The highest BCUT2D eigenvalue weighted by Gasteiger charge is 2.45. The Morgan fingerprint density at radius 1 is 1.27 bits per heavy atom. The summed E-state index contributed by atoms with van der Waals surface area (Å²) in [5.41, 5.74) is 1.25. The Bertz CT molecular complexity index is 751. The lowest BCUT2D eigenvalue weighted by molar-refractivity contribution is 0.131. The zero-order valence-electron chi connectivity index (χ0n) is 14.4. The zero-order valence-corrected chi connectivity index (χ0v) is 16.7. The van der Waals surface area contributed by atoms with Crippen molar-refractivity contribution in [2.24, 2.45) is 11.1 Å². The van der Waals surface area contributed by atoms with Crippen molar-refractivity contribution in [1.82, 2.24) is 4.90 Å². The molecule has 2 heterocycles. The first kappa shape index (κ1) is 21.4. The number of piperidine rings is 1. The fraction of sp³-hybridized carbons (Fsp3) is 0.562. The van der Waals surface area contributed by atoms with Crippen LogP contribution in [-0.2, 0) is 15.2 Å². The monoisotopic (exact) mass is 424 g/mol. The van der Waals surface area contributed by atoms with Crippen molar-refractivity contribution in [2.75, 3.05) is 14.2 Å². The van der Waals surface area contributed by atoms with Gasteiger partial charge in [0.1, 0.15) is 7.11 Å². The van der Waals surface area contributed by atoms with E-state index in [0.29, 0.717) is 34.0 Å². The van der Waals surface area contributed by atoms with Crippen LogP contribution in [0, 0.1) is 5.92 Å². The summed E-state index contributed by atoms with van der Waals surface area (Å²) in [6.45, 7) is 0. The van der Waals surface area contributed by atoms with Crippen LogP contribution in [0.2, 0.25) is 10.0 Å². The molecule has 0 radical (unpaired) electrons. The van der Waals surface area contributed by atoms with E-state index >= 15 is 0 Å². The van der Waals surface area contributed by atoms with Gasteiger partial charge in [0, 0.05) is 24.2 Å². The number of fused-ring (bicyclic) bond motifs is 2. The number of rotatable bonds is 3. The highest BCUT2D eigenvalue weighted by molar-refractivity contribution is 7.79. The number of hydrogen-bond donors (Lipinski definition) is 2. The smallest absolute Gasteiger partial charge is 0.394 e. The fourth-order valence-electron chi connectivity index (χ4n) is 3.94. The molecule has 26 heavy (non-hydrogen) atoms. The number of halogens is 2. The van der Waals surface area contributed by atoms with Crippen LogP contribution in [0.3, 0.4) is 0 Å². The molecule has 1 aromatic carbocycles. The zero-order chi connectivity index (χ0) is 19.5. The maximum atomic E-state index is 8.74. The van der Waals surface area contributed by atoms with Gasteiger partial charge < -0.3 is 4.84 Å². The first-order chi connectivity index (χ1) is 12.1. The summed E-state index contributed by atoms with van der Waals surface area (Å²) in [7, 11) is -0.851. The lowest BCUT2D eigenvalue weighted by Crippen LogP contribution is -2.46. The van der Waals surface area contributed by atoms with Crippen molar-refractivity contribution < 1.29 is 22.4 Å². The fourth-order valence-corrected chi connectivity index (χ4v) is 4.25. The number of oxime groups is 1. The van der Waals surface area contributed by atoms with E-state index in [9.17, 15) is 0 Å². The molecule has 7 nitrogen and oxygen atoms in total. The van der Waals surface area contributed by atoms with E-state index < -0.39 is 10.4 Å². The standard InChI is InChI=1S/C16H20Cl2N2O.H2O4S/c1-20-11-4-6-16(20)13(9-19-21-2)12(8-11)10-3-5-14(17)15(18)7-10;1-5(2,3)4/h3,5,7,9,11-13,16H,4,6,8H2,1-2H3;(H2,1,2,3,4)/b19-9+;/t11-,12-,13-,16-;/m1./s1. The largest absolute Gasteiger partial charge is 0.399 e. The van der Waals surface area contributed by atoms with E-state index in [2.05, 4.69) is 23.2 Å². The lowest BCUT2D eigenvalue weighted by atomic mass is 9.77. The Morgan fingerprint density at radius 3 is 2.50 bits per heavy atom. The molecule has 146 valence electrons. The summed E-state index contributed by atoms with van der Waals surface area (Å²) in [6.07, 6.45) is 5.58.